The monoisotopic (exact) mass is 211 g/mol. The number of rotatable bonds is 4. The SMILES string of the molecule is CO[C@@H](C)c1cc(N)nc([C@@H](C)OC)n1. The van der Waals surface area contributed by atoms with E-state index in [1.807, 2.05) is 13.8 Å². The van der Waals surface area contributed by atoms with Crippen molar-refractivity contribution in [2.75, 3.05) is 20.0 Å². The molecule has 0 fully saturated rings. The van der Waals surface area contributed by atoms with Crippen LogP contribution in [-0.4, -0.2) is 24.2 Å². The molecule has 0 unspecified atom stereocenters. The van der Waals surface area contributed by atoms with Crippen molar-refractivity contribution < 1.29 is 9.47 Å². The lowest BCUT2D eigenvalue weighted by Gasteiger charge is -2.13. The van der Waals surface area contributed by atoms with Gasteiger partial charge in [0.25, 0.3) is 0 Å². The Kier molecular flexibility index (Phi) is 3.99. The Hall–Kier alpha value is -1.20. The first-order valence-electron chi connectivity index (χ1n) is 4.78. The molecule has 0 spiro atoms. The van der Waals surface area contributed by atoms with Gasteiger partial charge in [0.2, 0.25) is 0 Å². The second-order valence-electron chi connectivity index (χ2n) is 3.33. The molecule has 1 rings (SSSR count). The molecule has 0 aliphatic heterocycles. The van der Waals surface area contributed by atoms with E-state index < -0.39 is 0 Å². The summed E-state index contributed by atoms with van der Waals surface area (Å²) in [4.78, 5) is 8.44. The van der Waals surface area contributed by atoms with Gasteiger partial charge >= 0.3 is 0 Å². The predicted octanol–water partition coefficient (Wildman–Crippen LogP) is 1.47. The van der Waals surface area contributed by atoms with Gasteiger partial charge in [-0.15, -0.1) is 0 Å². The maximum absolute atomic E-state index is 5.68. The summed E-state index contributed by atoms with van der Waals surface area (Å²) < 4.78 is 10.3. The van der Waals surface area contributed by atoms with Crippen molar-refractivity contribution in [3.8, 4) is 0 Å². The van der Waals surface area contributed by atoms with Crippen LogP contribution in [0.4, 0.5) is 5.82 Å². The van der Waals surface area contributed by atoms with E-state index >= 15 is 0 Å². The highest BCUT2D eigenvalue weighted by atomic mass is 16.5. The number of anilines is 1. The van der Waals surface area contributed by atoms with E-state index in [0.717, 1.165) is 5.69 Å². The molecule has 1 heterocycles. The Balaban J connectivity index is 3.04. The summed E-state index contributed by atoms with van der Waals surface area (Å²) in [5.74, 6) is 1.01. The molecule has 0 radical (unpaired) electrons. The van der Waals surface area contributed by atoms with E-state index in [4.69, 9.17) is 15.2 Å². The van der Waals surface area contributed by atoms with Crippen LogP contribution in [-0.2, 0) is 9.47 Å². The minimum Gasteiger partial charge on any atom is -0.384 e. The van der Waals surface area contributed by atoms with Crippen molar-refractivity contribution in [3.63, 3.8) is 0 Å². The molecule has 1 aromatic heterocycles. The lowest BCUT2D eigenvalue weighted by molar-refractivity contribution is 0.104. The number of aromatic nitrogens is 2. The summed E-state index contributed by atoms with van der Waals surface area (Å²) in [6.07, 6.45) is -0.269. The minimum absolute atomic E-state index is 0.0990. The Morgan fingerprint density at radius 1 is 1.13 bits per heavy atom. The number of nitrogens with two attached hydrogens (primary N) is 1. The van der Waals surface area contributed by atoms with Gasteiger partial charge in [-0.2, -0.15) is 0 Å². The number of nitrogens with zero attached hydrogens (tertiary/aromatic N) is 2. The van der Waals surface area contributed by atoms with E-state index in [2.05, 4.69) is 9.97 Å². The fraction of sp³-hybridized carbons (Fsp3) is 0.600. The molecule has 2 atom stereocenters. The molecule has 0 aliphatic carbocycles. The highest BCUT2D eigenvalue weighted by Crippen LogP contribution is 2.19. The standard InChI is InChI=1S/C10H17N3O2/c1-6(14-3)8-5-9(11)13-10(12-8)7(2)15-4/h5-7H,1-4H3,(H2,11,12,13)/t6-,7+/m0/s1. The molecule has 1 aromatic rings. The van der Waals surface area contributed by atoms with Crippen LogP contribution in [0.3, 0.4) is 0 Å². The molecule has 2 N–H and O–H groups in total. The number of hydrogen-bond acceptors (Lipinski definition) is 5. The summed E-state index contributed by atoms with van der Waals surface area (Å²) >= 11 is 0. The van der Waals surface area contributed by atoms with Crippen molar-refractivity contribution >= 4 is 5.82 Å². The molecule has 84 valence electrons. The molecule has 0 aromatic carbocycles. The molecule has 0 saturated heterocycles. The quantitative estimate of drug-likeness (QED) is 0.816. The van der Waals surface area contributed by atoms with Gasteiger partial charge in [-0.1, -0.05) is 0 Å². The van der Waals surface area contributed by atoms with Gasteiger partial charge in [0.05, 0.1) is 11.8 Å². The fourth-order valence-corrected chi connectivity index (χ4v) is 1.12. The summed E-state index contributed by atoms with van der Waals surface area (Å²) in [6.45, 7) is 3.78. The molecule has 5 heteroatoms. The zero-order valence-corrected chi connectivity index (χ0v) is 9.52. The van der Waals surface area contributed by atoms with E-state index in [1.165, 1.54) is 0 Å². The predicted molar refractivity (Wildman–Crippen MR) is 57.3 cm³/mol. The van der Waals surface area contributed by atoms with E-state index in [9.17, 15) is 0 Å². The van der Waals surface area contributed by atoms with E-state index in [-0.39, 0.29) is 12.2 Å². The highest BCUT2D eigenvalue weighted by Gasteiger charge is 2.13. The molecule has 0 amide bonds. The third-order valence-corrected chi connectivity index (χ3v) is 2.27. The zero-order valence-electron chi connectivity index (χ0n) is 9.52. The van der Waals surface area contributed by atoms with Crippen LogP contribution >= 0.6 is 0 Å². The van der Waals surface area contributed by atoms with Crippen LogP contribution in [0.15, 0.2) is 6.07 Å². The van der Waals surface area contributed by atoms with Gasteiger partial charge in [0.1, 0.15) is 11.9 Å². The first kappa shape index (κ1) is 11.9. The molecular formula is C10H17N3O2. The van der Waals surface area contributed by atoms with Gasteiger partial charge in [0.15, 0.2) is 5.82 Å². The van der Waals surface area contributed by atoms with Gasteiger partial charge in [-0.3, -0.25) is 0 Å². The average Bonchev–Trinajstić information content (AvgIpc) is 2.26. The highest BCUT2D eigenvalue weighted by molar-refractivity contribution is 5.31. The van der Waals surface area contributed by atoms with Crippen LogP contribution < -0.4 is 5.73 Å². The van der Waals surface area contributed by atoms with Gasteiger partial charge in [-0.25, -0.2) is 9.97 Å². The van der Waals surface area contributed by atoms with E-state index in [0.29, 0.717) is 11.6 Å². The molecule has 5 nitrogen and oxygen atoms in total. The van der Waals surface area contributed by atoms with E-state index in [1.54, 1.807) is 20.3 Å². The molecular weight excluding hydrogens is 194 g/mol. The Bertz CT molecular complexity index is 302. The largest absolute Gasteiger partial charge is 0.384 e. The molecule has 0 saturated carbocycles. The van der Waals surface area contributed by atoms with Gasteiger partial charge in [-0.05, 0) is 13.8 Å². The Morgan fingerprint density at radius 2 is 1.73 bits per heavy atom. The van der Waals surface area contributed by atoms with Crippen molar-refractivity contribution in [2.24, 2.45) is 0 Å². The van der Waals surface area contributed by atoms with Crippen molar-refractivity contribution in [1.82, 2.24) is 9.97 Å². The van der Waals surface area contributed by atoms with Crippen LogP contribution in [0.1, 0.15) is 37.6 Å². The van der Waals surface area contributed by atoms with Gasteiger partial charge in [0, 0.05) is 20.3 Å². The van der Waals surface area contributed by atoms with Crippen molar-refractivity contribution in [2.45, 2.75) is 26.1 Å². The smallest absolute Gasteiger partial charge is 0.159 e. The maximum Gasteiger partial charge on any atom is 0.159 e. The number of nitrogen functional groups attached to an aromatic ring is 1. The lowest BCUT2D eigenvalue weighted by atomic mass is 10.2. The van der Waals surface area contributed by atoms with Crippen LogP contribution in [0.25, 0.3) is 0 Å². The molecule has 15 heavy (non-hydrogen) atoms. The van der Waals surface area contributed by atoms with Crippen LogP contribution in [0.2, 0.25) is 0 Å². The van der Waals surface area contributed by atoms with Crippen molar-refractivity contribution in [3.05, 3.63) is 17.6 Å². The van der Waals surface area contributed by atoms with Gasteiger partial charge < -0.3 is 15.2 Å². The Labute approximate surface area is 89.6 Å². The van der Waals surface area contributed by atoms with Crippen LogP contribution in [0, 0.1) is 0 Å². The third-order valence-electron chi connectivity index (χ3n) is 2.27. The summed E-state index contributed by atoms with van der Waals surface area (Å²) in [5, 5.41) is 0. The second kappa shape index (κ2) is 5.04. The summed E-state index contributed by atoms with van der Waals surface area (Å²) in [7, 11) is 3.24. The molecule has 0 aliphatic rings. The Morgan fingerprint density at radius 3 is 2.27 bits per heavy atom. The fourth-order valence-electron chi connectivity index (χ4n) is 1.12. The first-order valence-corrected chi connectivity index (χ1v) is 4.78. The first-order chi connectivity index (χ1) is 7.08. The minimum atomic E-state index is -0.170. The maximum atomic E-state index is 5.68. The second-order valence-corrected chi connectivity index (χ2v) is 3.33. The normalized spacial score (nSPS) is 14.9. The topological polar surface area (TPSA) is 70.3 Å². The van der Waals surface area contributed by atoms with Crippen LogP contribution in [0.5, 0.6) is 0 Å². The summed E-state index contributed by atoms with van der Waals surface area (Å²) in [6, 6.07) is 1.71. The van der Waals surface area contributed by atoms with Crippen molar-refractivity contribution in [1.29, 1.82) is 0 Å². The lowest BCUT2D eigenvalue weighted by Crippen LogP contribution is -2.10. The molecule has 0 bridgehead atoms. The number of methoxy groups -OCH3 is 2. The zero-order chi connectivity index (χ0) is 11.4. The average molecular weight is 211 g/mol. The number of ether oxygens (including phenoxy) is 2. The third kappa shape index (κ3) is 2.87. The number of hydrogen-bond donors (Lipinski definition) is 1. The summed E-state index contributed by atoms with van der Waals surface area (Å²) in [5.41, 5.74) is 6.45.